The highest BCUT2D eigenvalue weighted by Crippen LogP contribution is 2.22. The Kier molecular flexibility index (Phi) is 7.93. The summed E-state index contributed by atoms with van der Waals surface area (Å²) in [4.78, 5) is 18.4. The first-order valence-electron chi connectivity index (χ1n) is 8.63. The predicted molar refractivity (Wildman–Crippen MR) is 113 cm³/mol. The molecule has 1 aromatic rings. The summed E-state index contributed by atoms with van der Waals surface area (Å²) in [6.07, 6.45) is 4.41. The predicted octanol–water partition coefficient (Wildman–Crippen LogP) is 1.93. The van der Waals surface area contributed by atoms with Crippen molar-refractivity contribution in [3.05, 3.63) is 63.6 Å². The van der Waals surface area contributed by atoms with Crippen LogP contribution in [0.4, 0.5) is 0 Å². The smallest absolute Gasteiger partial charge is 0.274 e. The van der Waals surface area contributed by atoms with E-state index in [1.807, 2.05) is 49.3 Å². The molecule has 1 unspecified atom stereocenters. The first-order chi connectivity index (χ1) is 13.2. The van der Waals surface area contributed by atoms with Crippen molar-refractivity contribution in [2.75, 3.05) is 26.4 Å². The maximum Gasteiger partial charge on any atom is 0.274 e. The third kappa shape index (κ3) is 6.86. The van der Waals surface area contributed by atoms with Crippen LogP contribution in [0.25, 0.3) is 0 Å². The molecule has 2 atom stereocenters. The van der Waals surface area contributed by atoms with Crippen molar-refractivity contribution in [2.24, 2.45) is 10.1 Å². The van der Waals surface area contributed by atoms with Gasteiger partial charge in [0.2, 0.25) is 10.0 Å². The Morgan fingerprint density at radius 2 is 1.96 bits per heavy atom. The first kappa shape index (κ1) is 22.3. The van der Waals surface area contributed by atoms with Gasteiger partial charge in [-0.05, 0) is 51.3 Å². The summed E-state index contributed by atoms with van der Waals surface area (Å²) < 4.78 is 23.0. The van der Waals surface area contributed by atoms with Crippen molar-refractivity contribution in [1.29, 1.82) is 0 Å². The summed E-state index contributed by atoms with van der Waals surface area (Å²) in [5, 5.41) is 16.6. The van der Waals surface area contributed by atoms with Crippen molar-refractivity contribution >= 4 is 27.5 Å². The first-order valence-corrected chi connectivity index (χ1v) is 11.2. The van der Waals surface area contributed by atoms with Gasteiger partial charge in [0.25, 0.3) is 6.04 Å². The number of nitrogens with two attached hydrogens (primary N) is 1. The van der Waals surface area contributed by atoms with Gasteiger partial charge in [-0.25, -0.2) is 13.6 Å². The number of nitrogens with zero attached hydrogens (tertiary/aromatic N) is 3. The highest BCUT2D eigenvalue weighted by atomic mass is 32.2. The molecule has 0 spiro atoms. The molecular weight excluding hydrogens is 400 g/mol. The molecule has 0 saturated heterocycles. The molecule has 1 aromatic carbocycles. The van der Waals surface area contributed by atoms with Gasteiger partial charge in [-0.2, -0.15) is 0 Å². The third-order valence-corrected chi connectivity index (χ3v) is 6.11. The molecule has 10 heteroatoms. The number of nitro groups is 1. The van der Waals surface area contributed by atoms with Crippen LogP contribution >= 0.6 is 11.8 Å². The Balaban J connectivity index is 2.23. The quantitative estimate of drug-likeness (QED) is 0.367. The number of rotatable bonds is 9. The highest BCUT2D eigenvalue weighted by molar-refractivity contribution is 7.99. The molecule has 28 heavy (non-hydrogen) atoms. The van der Waals surface area contributed by atoms with E-state index in [-0.39, 0.29) is 16.7 Å². The second-order valence-corrected chi connectivity index (χ2v) is 9.26. The zero-order chi connectivity index (χ0) is 20.7. The van der Waals surface area contributed by atoms with Crippen molar-refractivity contribution in [3.63, 3.8) is 0 Å². The fraction of sp³-hybridized carbons (Fsp3) is 0.389. The largest absolute Gasteiger partial charge is 0.309 e. The number of primary sulfonamides is 1. The highest BCUT2D eigenvalue weighted by Gasteiger charge is 2.30. The Morgan fingerprint density at radius 1 is 1.29 bits per heavy atom. The van der Waals surface area contributed by atoms with Gasteiger partial charge in [-0.3, -0.25) is 15.1 Å². The van der Waals surface area contributed by atoms with Gasteiger partial charge in [0, 0.05) is 21.6 Å². The molecule has 0 radical (unpaired) electrons. The summed E-state index contributed by atoms with van der Waals surface area (Å²) in [5.41, 5.74) is 0.231. The standard InChI is InChI=1S/C18H24N4O4S2/c1-21(2)11-10-14(13-27-15-6-4-3-5-7-15)20-17-9-8-16(28(19,25)26)12-18(17)22(23)24/h3-9,12,14,18H,10-11,13H2,1-2H3,(H2,19,25,26)/t14-,18?/m1/s1. The second kappa shape index (κ2) is 9.97. The molecule has 1 aliphatic carbocycles. The van der Waals surface area contributed by atoms with Gasteiger partial charge in [0.05, 0.1) is 10.9 Å². The lowest BCUT2D eigenvalue weighted by molar-refractivity contribution is -0.490. The van der Waals surface area contributed by atoms with Gasteiger partial charge >= 0.3 is 0 Å². The second-order valence-electron chi connectivity index (χ2n) is 6.60. The SMILES string of the molecule is CN(C)CC[C@H](CSc1ccccc1)N=C1C=CC(S(N)(=O)=O)=CC1[N+](=O)[O-]. The zero-order valence-electron chi connectivity index (χ0n) is 15.8. The Bertz CT molecular complexity index is 880. The van der Waals surface area contributed by atoms with Crippen LogP contribution in [0.1, 0.15) is 6.42 Å². The maximum atomic E-state index is 11.5. The van der Waals surface area contributed by atoms with Gasteiger partial charge in [0.1, 0.15) is 5.71 Å². The fourth-order valence-electron chi connectivity index (χ4n) is 2.55. The number of aliphatic imine (C=N–C) groups is 1. The molecule has 8 nitrogen and oxygen atoms in total. The van der Waals surface area contributed by atoms with Crippen molar-refractivity contribution < 1.29 is 13.3 Å². The van der Waals surface area contributed by atoms with Gasteiger partial charge in [0.15, 0.2) is 0 Å². The summed E-state index contributed by atoms with van der Waals surface area (Å²) in [5.74, 6) is 0.658. The molecular formula is C18H24N4O4S2. The van der Waals surface area contributed by atoms with E-state index in [9.17, 15) is 18.5 Å². The molecule has 0 saturated carbocycles. The lowest BCUT2D eigenvalue weighted by Crippen LogP contribution is -2.32. The minimum absolute atomic E-state index is 0.154. The number of thioether (sulfide) groups is 1. The molecule has 1 aliphatic rings. The van der Waals surface area contributed by atoms with Crippen molar-refractivity contribution in [2.45, 2.75) is 23.4 Å². The maximum absolute atomic E-state index is 11.5. The summed E-state index contributed by atoms with van der Waals surface area (Å²) in [6, 6.07) is 8.37. The number of hydrogen-bond donors (Lipinski definition) is 1. The molecule has 2 N–H and O–H groups in total. The number of benzene rings is 1. The van der Waals surface area contributed by atoms with Gasteiger partial charge in [-0.15, -0.1) is 11.8 Å². The van der Waals surface area contributed by atoms with E-state index >= 15 is 0 Å². The van der Waals surface area contributed by atoms with Gasteiger partial charge < -0.3 is 4.90 Å². The van der Waals surface area contributed by atoms with Crippen molar-refractivity contribution in [1.82, 2.24) is 4.90 Å². The van der Waals surface area contributed by atoms with Crippen LogP contribution in [0.2, 0.25) is 0 Å². The number of allylic oxidation sites excluding steroid dienone is 1. The van der Waals surface area contributed by atoms with E-state index in [1.165, 1.54) is 12.2 Å². The van der Waals surface area contributed by atoms with Crippen LogP contribution in [0.3, 0.4) is 0 Å². The van der Waals surface area contributed by atoms with Crippen LogP contribution < -0.4 is 5.14 Å². The number of sulfonamides is 1. The lowest BCUT2D eigenvalue weighted by atomic mass is 10.1. The summed E-state index contributed by atoms with van der Waals surface area (Å²) in [6.45, 7) is 0.780. The molecule has 0 heterocycles. The molecule has 0 fully saturated rings. The Labute approximate surface area is 169 Å². The summed E-state index contributed by atoms with van der Waals surface area (Å²) in [7, 11) is -0.0991. The monoisotopic (exact) mass is 424 g/mol. The Hall–Kier alpha value is -2.01. The van der Waals surface area contributed by atoms with E-state index in [0.29, 0.717) is 5.75 Å². The fourth-order valence-corrected chi connectivity index (χ4v) is 4.10. The van der Waals surface area contributed by atoms with E-state index in [0.717, 1.165) is 23.9 Å². The molecule has 2 rings (SSSR count). The summed E-state index contributed by atoms with van der Waals surface area (Å²) >= 11 is 1.63. The third-order valence-electron chi connectivity index (χ3n) is 4.03. The van der Waals surface area contributed by atoms with E-state index in [2.05, 4.69) is 4.99 Å². The molecule has 152 valence electrons. The van der Waals surface area contributed by atoms with Gasteiger partial charge in [-0.1, -0.05) is 18.2 Å². The zero-order valence-corrected chi connectivity index (χ0v) is 17.4. The minimum Gasteiger partial charge on any atom is -0.309 e. The molecule has 0 amide bonds. The van der Waals surface area contributed by atoms with Crippen LogP contribution in [-0.4, -0.2) is 62.4 Å². The topological polar surface area (TPSA) is 119 Å². The van der Waals surface area contributed by atoms with Crippen LogP contribution in [0.5, 0.6) is 0 Å². The molecule has 0 aromatic heterocycles. The Morgan fingerprint density at radius 3 is 2.54 bits per heavy atom. The molecule has 0 aliphatic heterocycles. The normalized spacial score (nSPS) is 19.6. The van der Waals surface area contributed by atoms with E-state index < -0.39 is 21.0 Å². The average Bonchev–Trinajstić information content (AvgIpc) is 2.63. The minimum atomic E-state index is -4.01. The number of hydrogen-bond acceptors (Lipinski definition) is 7. The van der Waals surface area contributed by atoms with Crippen LogP contribution in [0, 0.1) is 10.1 Å². The lowest BCUT2D eigenvalue weighted by Gasteiger charge is -2.18. The van der Waals surface area contributed by atoms with Crippen LogP contribution in [-0.2, 0) is 10.0 Å². The molecule has 0 bridgehead atoms. The van der Waals surface area contributed by atoms with E-state index in [1.54, 1.807) is 11.8 Å². The average molecular weight is 425 g/mol. The van der Waals surface area contributed by atoms with Crippen molar-refractivity contribution in [3.8, 4) is 0 Å². The van der Waals surface area contributed by atoms with Crippen LogP contribution in [0.15, 0.2) is 63.4 Å². The van der Waals surface area contributed by atoms with E-state index in [4.69, 9.17) is 5.14 Å².